The van der Waals surface area contributed by atoms with Crippen molar-refractivity contribution in [1.29, 1.82) is 0 Å². The van der Waals surface area contributed by atoms with Crippen molar-refractivity contribution in [2.75, 3.05) is 19.6 Å². The summed E-state index contributed by atoms with van der Waals surface area (Å²) >= 11 is 0. The minimum absolute atomic E-state index is 0.0501. The summed E-state index contributed by atoms with van der Waals surface area (Å²) in [6, 6.07) is 0.00588. The summed E-state index contributed by atoms with van der Waals surface area (Å²) < 4.78 is 0. The van der Waals surface area contributed by atoms with E-state index in [4.69, 9.17) is 5.11 Å². The van der Waals surface area contributed by atoms with Gasteiger partial charge < -0.3 is 14.9 Å². The second-order valence-electron chi connectivity index (χ2n) is 5.04. The van der Waals surface area contributed by atoms with Gasteiger partial charge in [-0.3, -0.25) is 4.79 Å². The van der Waals surface area contributed by atoms with Gasteiger partial charge in [-0.05, 0) is 34.1 Å². The number of carbonyl (C=O) groups is 2. The highest BCUT2D eigenvalue weighted by Crippen LogP contribution is 2.08. The predicted molar refractivity (Wildman–Crippen MR) is 76.2 cm³/mol. The van der Waals surface area contributed by atoms with Gasteiger partial charge in [0.1, 0.15) is 0 Å². The van der Waals surface area contributed by atoms with Gasteiger partial charge in [0.2, 0.25) is 0 Å². The van der Waals surface area contributed by atoms with Crippen LogP contribution in [-0.4, -0.2) is 52.6 Å². The van der Waals surface area contributed by atoms with E-state index in [1.165, 1.54) is 0 Å². The monoisotopic (exact) mass is 270 g/mol. The van der Waals surface area contributed by atoms with Gasteiger partial charge in [-0.25, -0.2) is 4.79 Å². The first-order valence-corrected chi connectivity index (χ1v) is 6.71. The number of rotatable bonds is 8. The number of likely N-dealkylation sites (N-methyl/N-ethyl adjacent to an activating group) is 1. The lowest BCUT2D eigenvalue weighted by Gasteiger charge is -2.33. The lowest BCUT2D eigenvalue weighted by molar-refractivity contribution is -0.137. The summed E-state index contributed by atoms with van der Waals surface area (Å²) in [5.41, 5.74) is 0.935. The molecule has 110 valence electrons. The van der Waals surface area contributed by atoms with E-state index in [0.717, 1.165) is 5.57 Å². The fourth-order valence-corrected chi connectivity index (χ4v) is 1.80. The minimum atomic E-state index is -0.828. The summed E-state index contributed by atoms with van der Waals surface area (Å²) in [4.78, 5) is 26.4. The Morgan fingerprint density at radius 3 is 2.26 bits per heavy atom. The lowest BCUT2D eigenvalue weighted by Crippen LogP contribution is -2.47. The number of carboxylic acids is 1. The lowest BCUT2D eigenvalue weighted by atomic mass is 10.2. The van der Waals surface area contributed by atoms with Gasteiger partial charge in [-0.15, -0.1) is 0 Å². The number of hydrogen-bond donors (Lipinski definition) is 1. The summed E-state index contributed by atoms with van der Waals surface area (Å²) in [7, 11) is 0. The fraction of sp³-hybridized carbons (Fsp3) is 0.714. The SMILES string of the molecule is C=C(C)CN(CC)C(=O)N(CCCC(=O)O)C(C)C. The third kappa shape index (κ3) is 6.84. The summed E-state index contributed by atoms with van der Waals surface area (Å²) in [5, 5.41) is 8.65. The van der Waals surface area contributed by atoms with Crippen molar-refractivity contribution < 1.29 is 14.7 Å². The second kappa shape index (κ2) is 8.56. The zero-order valence-corrected chi connectivity index (χ0v) is 12.5. The molecule has 0 bridgehead atoms. The molecule has 0 heterocycles. The Morgan fingerprint density at radius 1 is 1.32 bits per heavy atom. The molecule has 0 unspecified atom stereocenters. The molecule has 0 aromatic carbocycles. The number of urea groups is 1. The van der Waals surface area contributed by atoms with Gasteiger partial charge in [-0.2, -0.15) is 0 Å². The smallest absolute Gasteiger partial charge is 0.320 e. The van der Waals surface area contributed by atoms with Crippen LogP contribution in [-0.2, 0) is 4.79 Å². The third-order valence-corrected chi connectivity index (χ3v) is 2.77. The van der Waals surface area contributed by atoms with E-state index in [1.807, 2.05) is 27.7 Å². The maximum atomic E-state index is 12.4. The summed E-state index contributed by atoms with van der Waals surface area (Å²) in [6.45, 7) is 13.1. The van der Waals surface area contributed by atoms with Crippen molar-refractivity contribution in [3.05, 3.63) is 12.2 Å². The number of amides is 2. The van der Waals surface area contributed by atoms with E-state index in [2.05, 4.69) is 6.58 Å². The molecule has 0 aromatic rings. The molecule has 0 rings (SSSR count). The van der Waals surface area contributed by atoms with Crippen LogP contribution in [0.5, 0.6) is 0 Å². The van der Waals surface area contributed by atoms with Gasteiger partial charge in [0.25, 0.3) is 0 Å². The van der Waals surface area contributed by atoms with E-state index in [1.54, 1.807) is 9.80 Å². The third-order valence-electron chi connectivity index (χ3n) is 2.77. The van der Waals surface area contributed by atoms with E-state index >= 15 is 0 Å². The average molecular weight is 270 g/mol. The Morgan fingerprint density at radius 2 is 1.89 bits per heavy atom. The first kappa shape index (κ1) is 17.5. The molecule has 0 aliphatic heterocycles. The van der Waals surface area contributed by atoms with Crippen molar-refractivity contribution in [2.24, 2.45) is 0 Å². The number of carboxylic acid groups (broad SMARTS) is 1. The van der Waals surface area contributed by atoms with Gasteiger partial charge in [0.05, 0.1) is 0 Å². The Kier molecular flexibility index (Phi) is 7.87. The molecule has 0 fully saturated rings. The molecule has 5 heteroatoms. The van der Waals surface area contributed by atoms with Crippen LogP contribution in [0.4, 0.5) is 4.79 Å². The van der Waals surface area contributed by atoms with Crippen molar-refractivity contribution in [3.8, 4) is 0 Å². The molecule has 19 heavy (non-hydrogen) atoms. The molecule has 0 saturated heterocycles. The summed E-state index contributed by atoms with van der Waals surface area (Å²) in [6.07, 6.45) is 0.562. The molecule has 0 aliphatic rings. The van der Waals surface area contributed by atoms with Crippen LogP contribution < -0.4 is 0 Å². The predicted octanol–water partition coefficient (Wildman–Crippen LogP) is 2.58. The molecule has 0 atom stereocenters. The van der Waals surface area contributed by atoms with Crippen LogP contribution in [0, 0.1) is 0 Å². The van der Waals surface area contributed by atoms with Crippen LogP contribution >= 0.6 is 0 Å². The highest BCUT2D eigenvalue weighted by Gasteiger charge is 2.21. The largest absolute Gasteiger partial charge is 0.481 e. The molecule has 0 spiro atoms. The Bertz CT molecular complexity index is 327. The van der Waals surface area contributed by atoms with Crippen molar-refractivity contribution in [1.82, 2.24) is 9.80 Å². The Labute approximate surface area is 115 Å². The number of carbonyl (C=O) groups excluding carboxylic acids is 1. The van der Waals surface area contributed by atoms with Gasteiger partial charge in [0, 0.05) is 32.1 Å². The normalized spacial score (nSPS) is 10.4. The Balaban J connectivity index is 4.62. The van der Waals surface area contributed by atoms with E-state index < -0.39 is 5.97 Å². The van der Waals surface area contributed by atoms with Crippen LogP contribution in [0.25, 0.3) is 0 Å². The minimum Gasteiger partial charge on any atom is -0.481 e. The molecular weight excluding hydrogens is 244 g/mol. The van der Waals surface area contributed by atoms with E-state index in [9.17, 15) is 9.59 Å². The maximum Gasteiger partial charge on any atom is 0.320 e. The van der Waals surface area contributed by atoms with Gasteiger partial charge in [0.15, 0.2) is 0 Å². The first-order valence-electron chi connectivity index (χ1n) is 6.71. The fourth-order valence-electron chi connectivity index (χ4n) is 1.80. The van der Waals surface area contributed by atoms with Crippen molar-refractivity contribution in [3.63, 3.8) is 0 Å². The number of hydrogen-bond acceptors (Lipinski definition) is 2. The van der Waals surface area contributed by atoms with Crippen molar-refractivity contribution in [2.45, 2.75) is 46.6 Å². The van der Waals surface area contributed by atoms with Crippen LogP contribution in [0.1, 0.15) is 40.5 Å². The second-order valence-corrected chi connectivity index (χ2v) is 5.04. The van der Waals surface area contributed by atoms with Crippen LogP contribution in [0.2, 0.25) is 0 Å². The molecule has 0 saturated carbocycles. The highest BCUT2D eigenvalue weighted by molar-refractivity contribution is 5.75. The van der Waals surface area contributed by atoms with Crippen LogP contribution in [0.3, 0.4) is 0 Å². The van der Waals surface area contributed by atoms with E-state index in [-0.39, 0.29) is 18.5 Å². The highest BCUT2D eigenvalue weighted by atomic mass is 16.4. The molecule has 1 N–H and O–H groups in total. The molecule has 0 aliphatic carbocycles. The first-order chi connectivity index (χ1) is 8.79. The number of aliphatic carboxylic acids is 1. The standard InChI is InChI=1S/C14H26N2O3/c1-6-15(10-11(2)3)14(19)16(12(4)5)9-7-8-13(17)18/h12H,2,6-10H2,1,3-5H3,(H,17,18). The maximum absolute atomic E-state index is 12.4. The quantitative estimate of drug-likeness (QED) is 0.690. The van der Waals surface area contributed by atoms with Gasteiger partial charge >= 0.3 is 12.0 Å². The van der Waals surface area contributed by atoms with E-state index in [0.29, 0.717) is 26.1 Å². The van der Waals surface area contributed by atoms with Crippen molar-refractivity contribution >= 4 is 12.0 Å². The molecule has 0 radical (unpaired) electrons. The van der Waals surface area contributed by atoms with Crippen LogP contribution in [0.15, 0.2) is 12.2 Å². The molecule has 0 aromatic heterocycles. The zero-order chi connectivity index (χ0) is 15.0. The zero-order valence-electron chi connectivity index (χ0n) is 12.5. The van der Waals surface area contributed by atoms with Gasteiger partial charge in [-0.1, -0.05) is 12.2 Å². The molecule has 5 nitrogen and oxygen atoms in total. The molecule has 2 amide bonds. The topological polar surface area (TPSA) is 60.9 Å². The summed E-state index contributed by atoms with van der Waals surface area (Å²) in [5.74, 6) is -0.828. The Hall–Kier alpha value is -1.52. The average Bonchev–Trinajstić information content (AvgIpc) is 2.29. The molecular formula is C14H26N2O3. The number of nitrogens with zero attached hydrogens (tertiary/aromatic N) is 2.